The maximum atomic E-state index is 13.2. The van der Waals surface area contributed by atoms with Gasteiger partial charge in [0.15, 0.2) is 5.65 Å². The fourth-order valence-electron chi connectivity index (χ4n) is 3.98. The molecule has 33 heavy (non-hydrogen) atoms. The Hall–Kier alpha value is -3.98. The molecule has 4 aromatic rings. The van der Waals surface area contributed by atoms with E-state index in [9.17, 15) is 4.79 Å². The number of hydrogen-bond acceptors (Lipinski definition) is 7. The lowest BCUT2D eigenvalue weighted by atomic mass is 10.2. The highest BCUT2D eigenvalue weighted by Gasteiger charge is 2.25. The zero-order valence-corrected chi connectivity index (χ0v) is 18.2. The van der Waals surface area contributed by atoms with Gasteiger partial charge >= 0.3 is 0 Å². The number of nitrogens with two attached hydrogens (primary N) is 1. The first-order valence-corrected chi connectivity index (χ1v) is 10.8. The second-order valence-electron chi connectivity index (χ2n) is 7.79. The van der Waals surface area contributed by atoms with E-state index < -0.39 is 0 Å². The van der Waals surface area contributed by atoms with Crippen LogP contribution in [0.1, 0.15) is 28.8 Å². The zero-order valence-electron chi connectivity index (χ0n) is 18.2. The maximum absolute atomic E-state index is 13.2. The molecule has 1 amide bonds. The maximum Gasteiger partial charge on any atom is 0.257 e. The molecule has 1 atom stereocenters. The lowest BCUT2D eigenvalue weighted by molar-refractivity contribution is 0.0859. The van der Waals surface area contributed by atoms with Crippen molar-refractivity contribution >= 4 is 40.1 Å². The highest BCUT2D eigenvalue weighted by atomic mass is 16.5. The Labute approximate surface area is 190 Å². The first-order chi connectivity index (χ1) is 16.2. The number of nitrogens with zero attached hydrogens (tertiary/aromatic N) is 4. The summed E-state index contributed by atoms with van der Waals surface area (Å²) in [7, 11) is 1.60. The van der Waals surface area contributed by atoms with Crippen molar-refractivity contribution in [2.45, 2.75) is 18.9 Å². The molecule has 168 valence electrons. The number of anilines is 1. The largest absolute Gasteiger partial charge is 0.496 e. The third kappa shape index (κ3) is 3.98. The van der Waals surface area contributed by atoms with E-state index >= 15 is 0 Å². The van der Waals surface area contributed by atoms with Crippen molar-refractivity contribution < 1.29 is 14.3 Å². The van der Waals surface area contributed by atoms with Crippen LogP contribution in [0.25, 0.3) is 22.2 Å². The monoisotopic (exact) mass is 444 g/mol. The molecule has 1 fully saturated rings. The van der Waals surface area contributed by atoms with Gasteiger partial charge in [0, 0.05) is 18.7 Å². The number of nitrogens with one attached hydrogen (secondary N) is 1. The fraction of sp³-hybridized carbons (Fsp3) is 0.250. The summed E-state index contributed by atoms with van der Waals surface area (Å²) >= 11 is 0. The van der Waals surface area contributed by atoms with Gasteiger partial charge < -0.3 is 20.5 Å². The van der Waals surface area contributed by atoms with Gasteiger partial charge in [-0.25, -0.2) is 9.97 Å². The molecule has 3 heterocycles. The minimum atomic E-state index is -0.330. The van der Waals surface area contributed by atoms with Crippen molar-refractivity contribution in [1.82, 2.24) is 20.0 Å². The number of rotatable bonds is 6. The van der Waals surface area contributed by atoms with E-state index in [1.54, 1.807) is 13.3 Å². The molecule has 0 saturated carbocycles. The second-order valence-corrected chi connectivity index (χ2v) is 7.79. The number of carbonyl (C=O) groups excluding carboxylic acids is 1. The zero-order chi connectivity index (χ0) is 22.8. The number of aromatic nitrogens is 3. The van der Waals surface area contributed by atoms with Crippen molar-refractivity contribution in [2.75, 3.05) is 26.0 Å². The van der Waals surface area contributed by atoms with E-state index in [1.807, 2.05) is 48.5 Å². The first kappa shape index (κ1) is 20.9. The molecular weight excluding hydrogens is 420 g/mol. The Morgan fingerprint density at radius 1 is 1.24 bits per heavy atom. The van der Waals surface area contributed by atoms with E-state index in [0.29, 0.717) is 34.5 Å². The topological polar surface area (TPSA) is 117 Å². The van der Waals surface area contributed by atoms with Crippen LogP contribution in [-0.2, 0) is 4.74 Å². The van der Waals surface area contributed by atoms with Crippen LogP contribution >= 0.6 is 0 Å². The SMILES string of the molecule is COc1ccccc1/C=N\n1c(N)c(C(=O)NC[C@H]2CCCO2)c2nc3ccccc3nc21. The number of amides is 1. The summed E-state index contributed by atoms with van der Waals surface area (Å²) in [6.45, 7) is 1.13. The number of para-hydroxylation sites is 3. The van der Waals surface area contributed by atoms with Crippen LogP contribution in [0, 0.1) is 0 Å². The van der Waals surface area contributed by atoms with Crippen LogP contribution in [-0.4, -0.2) is 53.1 Å². The van der Waals surface area contributed by atoms with Gasteiger partial charge in [-0.1, -0.05) is 24.3 Å². The number of methoxy groups -OCH3 is 1. The van der Waals surface area contributed by atoms with Gasteiger partial charge in [0.05, 0.1) is 30.5 Å². The Balaban J connectivity index is 1.60. The first-order valence-electron chi connectivity index (χ1n) is 10.8. The third-order valence-electron chi connectivity index (χ3n) is 5.67. The Morgan fingerprint density at radius 3 is 2.76 bits per heavy atom. The summed E-state index contributed by atoms with van der Waals surface area (Å²) in [4.78, 5) is 22.6. The minimum absolute atomic E-state index is 0.0130. The number of nitrogen functional groups attached to an aromatic ring is 1. The van der Waals surface area contributed by atoms with Crippen molar-refractivity contribution in [3.05, 3.63) is 59.7 Å². The van der Waals surface area contributed by atoms with Crippen molar-refractivity contribution in [2.24, 2.45) is 5.10 Å². The molecule has 0 aliphatic carbocycles. The van der Waals surface area contributed by atoms with Gasteiger partial charge in [0.25, 0.3) is 5.91 Å². The summed E-state index contributed by atoms with van der Waals surface area (Å²) in [5.74, 6) is 0.502. The average Bonchev–Trinajstić information content (AvgIpc) is 3.45. The van der Waals surface area contributed by atoms with Gasteiger partial charge in [-0.3, -0.25) is 4.79 Å². The molecule has 2 aromatic heterocycles. The van der Waals surface area contributed by atoms with Gasteiger partial charge in [-0.2, -0.15) is 9.78 Å². The lowest BCUT2D eigenvalue weighted by Gasteiger charge is -2.10. The standard InChI is InChI=1S/C24H24N6O3/c1-32-19-11-5-2-7-15(19)13-27-30-22(25)20(24(31)26-14-16-8-6-12-33-16)21-23(30)29-18-10-4-3-9-17(18)28-21/h2-5,7,9-11,13,16H,6,8,12,14,25H2,1H3,(H,26,31)/b27-13-/t16-/m1/s1. The molecule has 0 unspecified atom stereocenters. The molecule has 2 aromatic carbocycles. The van der Waals surface area contributed by atoms with E-state index in [2.05, 4.69) is 10.4 Å². The molecule has 0 radical (unpaired) electrons. The molecule has 0 spiro atoms. The van der Waals surface area contributed by atoms with Crippen LogP contribution in [0.15, 0.2) is 53.6 Å². The van der Waals surface area contributed by atoms with E-state index in [0.717, 1.165) is 25.0 Å². The predicted molar refractivity (Wildman–Crippen MR) is 127 cm³/mol. The summed E-state index contributed by atoms with van der Waals surface area (Å²) in [5.41, 5.74) is 9.61. The average molecular weight is 444 g/mol. The molecule has 1 aliphatic rings. The third-order valence-corrected chi connectivity index (χ3v) is 5.67. The van der Waals surface area contributed by atoms with Crippen LogP contribution < -0.4 is 15.8 Å². The molecule has 9 heteroatoms. The minimum Gasteiger partial charge on any atom is -0.496 e. The Morgan fingerprint density at radius 2 is 2.00 bits per heavy atom. The number of hydrogen-bond donors (Lipinski definition) is 2. The summed E-state index contributed by atoms with van der Waals surface area (Å²) in [6, 6.07) is 14.9. The summed E-state index contributed by atoms with van der Waals surface area (Å²) < 4.78 is 12.5. The molecule has 3 N–H and O–H groups in total. The molecule has 1 saturated heterocycles. The Kier molecular flexibility index (Phi) is 5.62. The van der Waals surface area contributed by atoms with Crippen molar-refractivity contribution in [3.63, 3.8) is 0 Å². The van der Waals surface area contributed by atoms with Gasteiger partial charge in [0.2, 0.25) is 0 Å². The smallest absolute Gasteiger partial charge is 0.257 e. The Bertz CT molecular complexity index is 1360. The molecule has 5 rings (SSSR count). The number of carbonyl (C=O) groups is 1. The quantitative estimate of drug-likeness (QED) is 0.442. The molecular formula is C24H24N6O3. The normalized spacial score (nSPS) is 16.1. The molecule has 1 aliphatic heterocycles. The van der Waals surface area contributed by atoms with Crippen molar-refractivity contribution in [1.29, 1.82) is 0 Å². The number of benzene rings is 2. The van der Waals surface area contributed by atoms with Gasteiger partial charge in [-0.15, -0.1) is 0 Å². The van der Waals surface area contributed by atoms with Crippen LogP contribution in [0.5, 0.6) is 5.75 Å². The van der Waals surface area contributed by atoms with Crippen LogP contribution in [0.4, 0.5) is 5.82 Å². The fourth-order valence-corrected chi connectivity index (χ4v) is 3.98. The number of fused-ring (bicyclic) bond motifs is 2. The second kappa shape index (κ2) is 8.87. The number of ether oxygens (including phenoxy) is 2. The van der Waals surface area contributed by atoms with Crippen LogP contribution in [0.2, 0.25) is 0 Å². The molecule has 9 nitrogen and oxygen atoms in total. The lowest BCUT2D eigenvalue weighted by Crippen LogP contribution is -2.32. The summed E-state index contributed by atoms with van der Waals surface area (Å²) in [5, 5.41) is 7.47. The van der Waals surface area contributed by atoms with Crippen LogP contribution in [0.3, 0.4) is 0 Å². The highest BCUT2D eigenvalue weighted by molar-refractivity contribution is 6.10. The summed E-state index contributed by atoms with van der Waals surface area (Å²) in [6.07, 6.45) is 3.56. The van der Waals surface area contributed by atoms with Gasteiger partial charge in [0.1, 0.15) is 22.6 Å². The van der Waals surface area contributed by atoms with Gasteiger partial charge in [-0.05, 0) is 37.1 Å². The molecule has 0 bridgehead atoms. The van der Waals surface area contributed by atoms with E-state index in [1.165, 1.54) is 4.68 Å². The van der Waals surface area contributed by atoms with E-state index in [4.69, 9.17) is 25.2 Å². The van der Waals surface area contributed by atoms with Crippen molar-refractivity contribution in [3.8, 4) is 5.75 Å². The predicted octanol–water partition coefficient (Wildman–Crippen LogP) is 2.97. The van der Waals surface area contributed by atoms with E-state index in [-0.39, 0.29) is 23.4 Å². The highest BCUT2D eigenvalue weighted by Crippen LogP contribution is 2.28.